The summed E-state index contributed by atoms with van der Waals surface area (Å²) in [6.45, 7) is 4.31. The molecule has 4 nitrogen and oxygen atoms in total. The highest BCUT2D eigenvalue weighted by molar-refractivity contribution is 6.32. The fourth-order valence-corrected chi connectivity index (χ4v) is 1.63. The summed E-state index contributed by atoms with van der Waals surface area (Å²) in [5.74, 6) is 0.867. The predicted octanol–water partition coefficient (Wildman–Crippen LogP) is 3.09. The van der Waals surface area contributed by atoms with Crippen molar-refractivity contribution in [2.45, 2.75) is 45.6 Å². The molecule has 0 saturated heterocycles. The highest BCUT2D eigenvalue weighted by Crippen LogP contribution is 2.20. The number of unbranched alkanes of at least 4 members (excludes halogenated alkanes) is 2. The molecule has 0 aliphatic carbocycles. The first-order valence-corrected chi connectivity index (χ1v) is 6.05. The van der Waals surface area contributed by atoms with Crippen molar-refractivity contribution >= 4 is 23.4 Å². The Morgan fingerprint density at radius 1 is 1.50 bits per heavy atom. The number of anilines is 2. The second-order valence-corrected chi connectivity index (χ2v) is 4.37. The Morgan fingerprint density at radius 3 is 2.94 bits per heavy atom. The molecule has 0 amide bonds. The highest BCUT2D eigenvalue weighted by Gasteiger charge is 2.07. The van der Waals surface area contributed by atoms with Crippen molar-refractivity contribution in [2.75, 3.05) is 11.1 Å². The van der Waals surface area contributed by atoms with Crippen LogP contribution < -0.4 is 11.1 Å². The molecule has 0 aromatic carbocycles. The third-order valence-electron chi connectivity index (χ3n) is 2.39. The third kappa shape index (κ3) is 4.23. The molecule has 0 radical (unpaired) electrons. The molecule has 0 aliphatic rings. The maximum atomic E-state index is 5.96. The Morgan fingerprint density at radius 2 is 2.25 bits per heavy atom. The maximum absolute atomic E-state index is 5.96. The number of nitrogens with zero attached hydrogens (tertiary/aromatic N) is 2. The molecular weight excluding hydrogens is 224 g/mol. The zero-order valence-electron chi connectivity index (χ0n) is 9.83. The van der Waals surface area contributed by atoms with Crippen molar-refractivity contribution in [1.29, 1.82) is 0 Å². The monoisotopic (exact) mass is 242 g/mol. The summed E-state index contributed by atoms with van der Waals surface area (Å²) in [6.07, 6.45) is 6.32. The second kappa shape index (κ2) is 6.53. The van der Waals surface area contributed by atoms with E-state index in [1.807, 2.05) is 0 Å². The van der Waals surface area contributed by atoms with Crippen LogP contribution in [0, 0.1) is 0 Å². The lowest BCUT2D eigenvalue weighted by Crippen LogP contribution is -2.16. The quantitative estimate of drug-likeness (QED) is 0.753. The van der Waals surface area contributed by atoms with E-state index in [1.165, 1.54) is 25.5 Å². The molecule has 0 bridgehead atoms. The lowest BCUT2D eigenvalue weighted by molar-refractivity contribution is 0.614. The molecular formula is C11H19ClN4. The summed E-state index contributed by atoms with van der Waals surface area (Å²) in [6, 6.07) is 0.346. The van der Waals surface area contributed by atoms with Crippen molar-refractivity contribution in [3.05, 3.63) is 11.2 Å². The molecule has 3 N–H and O–H groups in total. The van der Waals surface area contributed by atoms with E-state index >= 15 is 0 Å². The largest absolute Gasteiger partial charge is 0.368 e. The average molecular weight is 243 g/mol. The van der Waals surface area contributed by atoms with Crippen molar-refractivity contribution in [2.24, 2.45) is 0 Å². The maximum Gasteiger partial charge on any atom is 0.222 e. The van der Waals surface area contributed by atoms with E-state index in [4.69, 9.17) is 17.3 Å². The first-order chi connectivity index (χ1) is 7.63. The molecule has 1 atom stereocenters. The van der Waals surface area contributed by atoms with E-state index in [-0.39, 0.29) is 5.95 Å². The topological polar surface area (TPSA) is 63.8 Å². The summed E-state index contributed by atoms with van der Waals surface area (Å²) in [7, 11) is 0. The Kier molecular flexibility index (Phi) is 5.32. The number of hydrogen-bond donors (Lipinski definition) is 2. The van der Waals surface area contributed by atoms with E-state index in [0.29, 0.717) is 16.9 Å². The van der Waals surface area contributed by atoms with Gasteiger partial charge < -0.3 is 11.1 Å². The van der Waals surface area contributed by atoms with E-state index in [2.05, 4.69) is 29.1 Å². The van der Waals surface area contributed by atoms with Gasteiger partial charge in [-0.15, -0.1) is 0 Å². The fourth-order valence-electron chi connectivity index (χ4n) is 1.49. The first kappa shape index (κ1) is 13.0. The molecule has 1 heterocycles. The smallest absolute Gasteiger partial charge is 0.222 e. The van der Waals surface area contributed by atoms with E-state index < -0.39 is 0 Å². The molecule has 5 heteroatoms. The summed E-state index contributed by atoms with van der Waals surface area (Å²) >= 11 is 5.96. The van der Waals surface area contributed by atoms with Crippen LogP contribution in [0.25, 0.3) is 0 Å². The van der Waals surface area contributed by atoms with E-state index in [1.54, 1.807) is 0 Å². The predicted molar refractivity (Wildman–Crippen MR) is 68.7 cm³/mol. The van der Waals surface area contributed by atoms with Crippen LogP contribution in [-0.4, -0.2) is 16.0 Å². The first-order valence-electron chi connectivity index (χ1n) is 5.68. The van der Waals surface area contributed by atoms with Crippen molar-refractivity contribution in [3.63, 3.8) is 0 Å². The molecule has 0 fully saturated rings. The van der Waals surface area contributed by atoms with E-state index in [0.717, 1.165) is 6.42 Å². The van der Waals surface area contributed by atoms with Crippen molar-refractivity contribution < 1.29 is 0 Å². The Hall–Kier alpha value is -1.03. The lowest BCUT2D eigenvalue weighted by atomic mass is 10.1. The minimum Gasteiger partial charge on any atom is -0.368 e. The van der Waals surface area contributed by atoms with Crippen molar-refractivity contribution in [1.82, 2.24) is 9.97 Å². The number of nitrogens with one attached hydrogen (secondary N) is 1. The second-order valence-electron chi connectivity index (χ2n) is 3.97. The van der Waals surface area contributed by atoms with Crippen LogP contribution in [0.1, 0.15) is 39.5 Å². The van der Waals surface area contributed by atoms with Gasteiger partial charge in [-0.05, 0) is 13.3 Å². The normalized spacial score (nSPS) is 12.4. The minimum absolute atomic E-state index is 0.243. The molecule has 1 aromatic rings. The molecule has 16 heavy (non-hydrogen) atoms. The van der Waals surface area contributed by atoms with Crippen LogP contribution in [0.2, 0.25) is 5.02 Å². The summed E-state index contributed by atoms with van der Waals surface area (Å²) < 4.78 is 0. The molecule has 1 unspecified atom stereocenters. The Bertz CT molecular complexity index is 330. The van der Waals surface area contributed by atoms with Crippen LogP contribution >= 0.6 is 11.6 Å². The molecule has 1 rings (SSSR count). The highest BCUT2D eigenvalue weighted by atomic mass is 35.5. The van der Waals surface area contributed by atoms with Gasteiger partial charge in [0.05, 0.1) is 6.20 Å². The minimum atomic E-state index is 0.243. The number of hydrogen-bond acceptors (Lipinski definition) is 4. The number of aromatic nitrogens is 2. The van der Waals surface area contributed by atoms with Gasteiger partial charge in [-0.1, -0.05) is 37.8 Å². The number of nitrogen functional groups attached to an aromatic ring is 1. The fraction of sp³-hybridized carbons (Fsp3) is 0.636. The Labute approximate surface area is 102 Å². The number of nitrogens with two attached hydrogens (primary N) is 1. The van der Waals surface area contributed by atoms with Gasteiger partial charge in [0, 0.05) is 6.04 Å². The van der Waals surface area contributed by atoms with Crippen LogP contribution in [-0.2, 0) is 0 Å². The standard InChI is InChI=1S/C11H19ClN4/c1-3-4-5-6-8(2)15-10-9(12)7-14-11(13)16-10/h7-8H,3-6H2,1-2H3,(H3,13,14,15,16). The average Bonchev–Trinajstić information content (AvgIpc) is 2.24. The molecule has 0 aliphatic heterocycles. The third-order valence-corrected chi connectivity index (χ3v) is 2.66. The number of rotatable bonds is 6. The van der Waals surface area contributed by atoms with E-state index in [9.17, 15) is 0 Å². The van der Waals surface area contributed by atoms with Gasteiger partial charge >= 0.3 is 0 Å². The summed E-state index contributed by atoms with van der Waals surface area (Å²) in [5, 5.41) is 3.76. The van der Waals surface area contributed by atoms with Gasteiger partial charge in [-0.2, -0.15) is 4.98 Å². The van der Waals surface area contributed by atoms with Crippen LogP contribution in [0.3, 0.4) is 0 Å². The van der Waals surface area contributed by atoms with Crippen LogP contribution in [0.15, 0.2) is 6.20 Å². The van der Waals surface area contributed by atoms with Crippen LogP contribution in [0.5, 0.6) is 0 Å². The van der Waals surface area contributed by atoms with Gasteiger partial charge in [0.15, 0.2) is 5.82 Å². The number of halogens is 1. The van der Waals surface area contributed by atoms with Gasteiger partial charge in [0.1, 0.15) is 5.02 Å². The van der Waals surface area contributed by atoms with Gasteiger partial charge in [0.2, 0.25) is 5.95 Å². The van der Waals surface area contributed by atoms with Gasteiger partial charge in [-0.3, -0.25) is 0 Å². The van der Waals surface area contributed by atoms with Gasteiger partial charge in [0.25, 0.3) is 0 Å². The van der Waals surface area contributed by atoms with Crippen molar-refractivity contribution in [3.8, 4) is 0 Å². The van der Waals surface area contributed by atoms with Gasteiger partial charge in [-0.25, -0.2) is 4.98 Å². The van der Waals surface area contributed by atoms with Crippen LogP contribution in [0.4, 0.5) is 11.8 Å². The lowest BCUT2D eigenvalue weighted by Gasteiger charge is -2.15. The summed E-state index contributed by atoms with van der Waals surface area (Å²) in [4.78, 5) is 7.88. The molecule has 90 valence electrons. The SMILES string of the molecule is CCCCCC(C)Nc1nc(N)ncc1Cl. The molecule has 1 aromatic heterocycles. The Balaban J connectivity index is 2.48. The zero-order valence-corrected chi connectivity index (χ0v) is 10.6. The molecule has 0 spiro atoms. The summed E-state index contributed by atoms with van der Waals surface area (Å²) in [5.41, 5.74) is 5.50. The zero-order chi connectivity index (χ0) is 12.0. The molecule has 0 saturated carbocycles.